The monoisotopic (exact) mass is 346 g/mol. The van der Waals surface area contributed by atoms with Crippen LogP contribution in [0.25, 0.3) is 0 Å². The van der Waals surface area contributed by atoms with Gasteiger partial charge in [-0.15, -0.1) is 17.9 Å². The highest BCUT2D eigenvalue weighted by atomic mass is 35.5. The quantitative estimate of drug-likeness (QED) is 0.812. The molecule has 0 saturated carbocycles. The van der Waals surface area contributed by atoms with Crippen molar-refractivity contribution < 1.29 is 8.42 Å². The highest BCUT2D eigenvalue weighted by Gasteiger charge is 2.28. The van der Waals surface area contributed by atoms with Gasteiger partial charge in [0.25, 0.3) is 0 Å². The van der Waals surface area contributed by atoms with Gasteiger partial charge in [0.1, 0.15) is 4.90 Å². The van der Waals surface area contributed by atoms with Crippen molar-refractivity contribution in [2.45, 2.75) is 11.4 Å². The van der Waals surface area contributed by atoms with Crippen molar-refractivity contribution in [2.24, 2.45) is 7.05 Å². The van der Waals surface area contributed by atoms with E-state index in [0.717, 1.165) is 4.88 Å². The molecule has 0 saturated heterocycles. The van der Waals surface area contributed by atoms with E-state index in [2.05, 4.69) is 11.7 Å². The Bertz CT molecular complexity index is 751. The number of thiophene rings is 1. The molecule has 21 heavy (non-hydrogen) atoms. The molecule has 0 amide bonds. The first-order valence-electron chi connectivity index (χ1n) is 5.99. The van der Waals surface area contributed by atoms with E-state index < -0.39 is 10.0 Å². The van der Waals surface area contributed by atoms with Gasteiger partial charge in [-0.3, -0.25) is 4.68 Å². The molecule has 9 heteroatoms. The van der Waals surface area contributed by atoms with Crippen LogP contribution in [0, 0.1) is 0 Å². The highest BCUT2D eigenvalue weighted by Crippen LogP contribution is 2.26. The van der Waals surface area contributed by atoms with Crippen molar-refractivity contribution in [1.82, 2.24) is 14.1 Å². The number of nitrogen functional groups attached to an aromatic ring is 1. The molecule has 114 valence electrons. The number of rotatable bonds is 6. The van der Waals surface area contributed by atoms with Crippen molar-refractivity contribution in [3.05, 3.63) is 40.2 Å². The SMILES string of the molecule is C=CCN(Cc1ccc(Cl)s1)S(=O)(=O)c1cn(C)nc1N. The fourth-order valence-corrected chi connectivity index (χ4v) is 4.49. The zero-order chi connectivity index (χ0) is 15.6. The Balaban J connectivity index is 2.36. The van der Waals surface area contributed by atoms with Gasteiger partial charge in [0.15, 0.2) is 5.82 Å². The third-order valence-electron chi connectivity index (χ3n) is 2.73. The van der Waals surface area contributed by atoms with Gasteiger partial charge in [-0.2, -0.15) is 9.40 Å². The van der Waals surface area contributed by atoms with Gasteiger partial charge in [0.05, 0.1) is 4.34 Å². The van der Waals surface area contributed by atoms with Gasteiger partial charge in [-0.05, 0) is 12.1 Å². The molecule has 0 aliphatic rings. The normalized spacial score (nSPS) is 12.0. The summed E-state index contributed by atoms with van der Waals surface area (Å²) >= 11 is 7.21. The molecule has 6 nitrogen and oxygen atoms in total. The lowest BCUT2D eigenvalue weighted by molar-refractivity contribution is 0.441. The standard InChI is InChI=1S/C12H15ClN4O2S2/c1-3-6-17(7-9-4-5-11(13)20-9)21(18,19)10-8-16(2)15-12(10)14/h3-5,8H,1,6-7H2,2H3,(H2,14,15). The number of aryl methyl sites for hydroxylation is 1. The molecular formula is C12H15ClN4O2S2. The molecule has 0 radical (unpaired) electrons. The molecule has 0 bridgehead atoms. The highest BCUT2D eigenvalue weighted by molar-refractivity contribution is 7.89. The molecule has 0 atom stereocenters. The fraction of sp³-hybridized carbons (Fsp3) is 0.250. The topological polar surface area (TPSA) is 81.2 Å². The summed E-state index contributed by atoms with van der Waals surface area (Å²) in [5.41, 5.74) is 5.68. The van der Waals surface area contributed by atoms with E-state index >= 15 is 0 Å². The van der Waals surface area contributed by atoms with Crippen molar-refractivity contribution in [3.63, 3.8) is 0 Å². The maximum Gasteiger partial charge on any atom is 0.248 e. The molecule has 0 aromatic carbocycles. The van der Waals surface area contributed by atoms with Crippen LogP contribution < -0.4 is 5.73 Å². The second-order valence-corrected chi connectivity index (χ2v) is 8.05. The average Bonchev–Trinajstić information content (AvgIpc) is 2.95. The number of hydrogen-bond acceptors (Lipinski definition) is 5. The Kier molecular flexibility index (Phi) is 4.72. The summed E-state index contributed by atoms with van der Waals surface area (Å²) < 4.78 is 28.6. The molecule has 2 heterocycles. The number of nitrogens with zero attached hydrogens (tertiary/aromatic N) is 3. The van der Waals surface area contributed by atoms with Crippen LogP contribution >= 0.6 is 22.9 Å². The van der Waals surface area contributed by atoms with Crippen molar-refractivity contribution in [1.29, 1.82) is 0 Å². The number of halogens is 1. The molecule has 0 aliphatic heterocycles. The Labute approximate surface area is 132 Å². The first kappa shape index (κ1) is 16.0. The number of nitrogens with two attached hydrogens (primary N) is 1. The third-order valence-corrected chi connectivity index (χ3v) is 5.78. The first-order chi connectivity index (χ1) is 9.84. The lowest BCUT2D eigenvalue weighted by Gasteiger charge is -2.19. The summed E-state index contributed by atoms with van der Waals surface area (Å²) in [6, 6.07) is 3.53. The van der Waals surface area contributed by atoms with Crippen LogP contribution in [0.1, 0.15) is 4.88 Å². The van der Waals surface area contributed by atoms with Gasteiger partial charge in [-0.25, -0.2) is 8.42 Å². The van der Waals surface area contributed by atoms with E-state index in [4.69, 9.17) is 17.3 Å². The van der Waals surface area contributed by atoms with Gasteiger partial charge in [0.2, 0.25) is 10.0 Å². The Morgan fingerprint density at radius 3 is 2.76 bits per heavy atom. The molecule has 0 spiro atoms. The van der Waals surface area contributed by atoms with E-state index in [0.29, 0.717) is 4.34 Å². The minimum Gasteiger partial charge on any atom is -0.381 e. The van der Waals surface area contributed by atoms with Crippen LogP contribution in [0.2, 0.25) is 4.34 Å². The molecular weight excluding hydrogens is 332 g/mol. The predicted molar refractivity (Wildman–Crippen MR) is 84.7 cm³/mol. The van der Waals surface area contributed by atoms with E-state index in [1.165, 1.54) is 32.6 Å². The zero-order valence-corrected chi connectivity index (χ0v) is 13.7. The first-order valence-corrected chi connectivity index (χ1v) is 8.62. The van der Waals surface area contributed by atoms with Crippen LogP contribution in [0.15, 0.2) is 35.9 Å². The van der Waals surface area contributed by atoms with Gasteiger partial charge >= 0.3 is 0 Å². The van der Waals surface area contributed by atoms with Crippen molar-refractivity contribution in [3.8, 4) is 0 Å². The molecule has 0 unspecified atom stereocenters. The third kappa shape index (κ3) is 3.46. The van der Waals surface area contributed by atoms with Crippen molar-refractivity contribution in [2.75, 3.05) is 12.3 Å². The number of anilines is 1. The zero-order valence-electron chi connectivity index (χ0n) is 11.4. The maximum atomic E-state index is 12.7. The Morgan fingerprint density at radius 2 is 2.29 bits per heavy atom. The molecule has 0 aliphatic carbocycles. The van der Waals surface area contributed by atoms with E-state index in [-0.39, 0.29) is 23.8 Å². The molecule has 2 rings (SSSR count). The minimum atomic E-state index is -3.74. The van der Waals surface area contributed by atoms with E-state index in [9.17, 15) is 8.42 Å². The average molecular weight is 347 g/mol. The van der Waals surface area contributed by atoms with Crippen molar-refractivity contribution >= 4 is 38.8 Å². The molecule has 2 aromatic rings. The lowest BCUT2D eigenvalue weighted by Crippen LogP contribution is -2.30. The van der Waals surface area contributed by atoms with E-state index in [1.807, 2.05) is 0 Å². The van der Waals surface area contributed by atoms with Crippen LogP contribution in [-0.2, 0) is 23.6 Å². The number of hydrogen-bond donors (Lipinski definition) is 1. The minimum absolute atomic E-state index is 0.00509. The molecule has 2 aromatic heterocycles. The van der Waals surface area contributed by atoms with Crippen LogP contribution in [0.4, 0.5) is 5.82 Å². The second kappa shape index (κ2) is 6.18. The largest absolute Gasteiger partial charge is 0.381 e. The predicted octanol–water partition coefficient (Wildman–Crippen LogP) is 2.09. The fourth-order valence-electron chi connectivity index (χ4n) is 1.82. The summed E-state index contributed by atoms with van der Waals surface area (Å²) in [5.74, 6) is -0.0178. The molecule has 2 N–H and O–H groups in total. The van der Waals surface area contributed by atoms with Gasteiger partial charge in [0, 0.05) is 31.2 Å². The maximum absolute atomic E-state index is 12.7. The lowest BCUT2D eigenvalue weighted by atomic mass is 10.4. The Morgan fingerprint density at radius 1 is 1.57 bits per heavy atom. The smallest absolute Gasteiger partial charge is 0.248 e. The molecule has 0 fully saturated rings. The summed E-state index contributed by atoms with van der Waals surface area (Å²) in [4.78, 5) is 0.836. The van der Waals surface area contributed by atoms with E-state index in [1.54, 1.807) is 19.2 Å². The number of sulfonamides is 1. The second-order valence-electron chi connectivity index (χ2n) is 4.34. The van der Waals surface area contributed by atoms with Gasteiger partial charge < -0.3 is 5.73 Å². The van der Waals surface area contributed by atoms with Crippen LogP contribution in [0.5, 0.6) is 0 Å². The van der Waals surface area contributed by atoms with Crippen LogP contribution in [-0.4, -0.2) is 29.0 Å². The Hall–Kier alpha value is -1.35. The van der Waals surface area contributed by atoms with Crippen LogP contribution in [0.3, 0.4) is 0 Å². The van der Waals surface area contributed by atoms with Gasteiger partial charge in [-0.1, -0.05) is 17.7 Å². The summed E-state index contributed by atoms with van der Waals surface area (Å²) in [6.45, 7) is 3.98. The summed E-state index contributed by atoms with van der Waals surface area (Å²) in [7, 11) is -2.13. The number of aromatic nitrogens is 2. The summed E-state index contributed by atoms with van der Waals surface area (Å²) in [6.07, 6.45) is 2.92. The summed E-state index contributed by atoms with van der Waals surface area (Å²) in [5, 5.41) is 3.88.